The third kappa shape index (κ3) is 3.75. The molecule has 0 aliphatic heterocycles. The number of aryl methyl sites for hydroxylation is 1. The van der Waals surface area contributed by atoms with E-state index in [4.69, 9.17) is 0 Å². The van der Waals surface area contributed by atoms with Crippen molar-refractivity contribution >= 4 is 11.6 Å². The number of aromatic hydroxyl groups is 1. The van der Waals surface area contributed by atoms with Gasteiger partial charge in [-0.2, -0.15) is 0 Å². The van der Waals surface area contributed by atoms with Gasteiger partial charge in [0.2, 0.25) is 0 Å². The van der Waals surface area contributed by atoms with E-state index in [0.29, 0.717) is 12.1 Å². The van der Waals surface area contributed by atoms with Gasteiger partial charge < -0.3 is 15.3 Å². The Morgan fingerprint density at radius 2 is 1.81 bits per heavy atom. The molecule has 1 amide bonds. The van der Waals surface area contributed by atoms with Crippen LogP contribution < -0.4 is 5.32 Å². The van der Waals surface area contributed by atoms with Crippen LogP contribution in [0.4, 0.5) is 5.69 Å². The summed E-state index contributed by atoms with van der Waals surface area (Å²) in [5.74, 6) is 0.269. The number of hydrogen-bond donors (Lipinski definition) is 2. The SMILES string of the molecule is Cc1ccc(O)c(CNc2ccc(C(=O)N(C)C)cc2)c1. The van der Waals surface area contributed by atoms with Crippen LogP contribution in [-0.2, 0) is 6.54 Å². The van der Waals surface area contributed by atoms with Crippen molar-refractivity contribution in [2.75, 3.05) is 19.4 Å². The second-order valence-corrected chi connectivity index (χ2v) is 5.26. The topological polar surface area (TPSA) is 52.6 Å². The van der Waals surface area contributed by atoms with E-state index in [-0.39, 0.29) is 11.7 Å². The van der Waals surface area contributed by atoms with Crippen molar-refractivity contribution < 1.29 is 9.90 Å². The molecule has 2 aromatic rings. The fraction of sp³-hybridized carbons (Fsp3) is 0.235. The van der Waals surface area contributed by atoms with E-state index in [1.54, 1.807) is 37.2 Å². The smallest absolute Gasteiger partial charge is 0.253 e. The Bertz CT molecular complexity index is 634. The summed E-state index contributed by atoms with van der Waals surface area (Å²) in [7, 11) is 3.46. The average Bonchev–Trinajstić information content (AvgIpc) is 2.48. The number of nitrogens with one attached hydrogen (secondary N) is 1. The molecule has 0 radical (unpaired) electrons. The lowest BCUT2D eigenvalue weighted by molar-refractivity contribution is 0.0827. The summed E-state index contributed by atoms with van der Waals surface area (Å²) >= 11 is 0. The zero-order valence-electron chi connectivity index (χ0n) is 12.6. The Morgan fingerprint density at radius 1 is 1.14 bits per heavy atom. The quantitative estimate of drug-likeness (QED) is 0.907. The number of nitrogens with zero attached hydrogens (tertiary/aromatic N) is 1. The number of phenolic OH excluding ortho intramolecular Hbond substituents is 1. The van der Waals surface area contributed by atoms with E-state index in [0.717, 1.165) is 16.8 Å². The predicted octanol–water partition coefficient (Wildman–Crippen LogP) is 3.01. The molecule has 0 unspecified atom stereocenters. The van der Waals surface area contributed by atoms with Crippen LogP contribution in [-0.4, -0.2) is 30.0 Å². The zero-order chi connectivity index (χ0) is 15.4. The van der Waals surface area contributed by atoms with Crippen LogP contribution in [0.3, 0.4) is 0 Å². The van der Waals surface area contributed by atoms with Gasteiger partial charge in [-0.05, 0) is 37.3 Å². The summed E-state index contributed by atoms with van der Waals surface area (Å²) in [4.78, 5) is 13.3. The Labute approximate surface area is 125 Å². The van der Waals surface area contributed by atoms with E-state index in [9.17, 15) is 9.90 Å². The van der Waals surface area contributed by atoms with Crippen LogP contribution in [0.5, 0.6) is 5.75 Å². The highest BCUT2D eigenvalue weighted by Crippen LogP contribution is 2.20. The minimum Gasteiger partial charge on any atom is -0.508 e. The standard InChI is InChI=1S/C17H20N2O2/c1-12-4-9-16(20)14(10-12)11-18-15-7-5-13(6-8-15)17(21)19(2)3/h4-10,18,20H,11H2,1-3H3. The summed E-state index contributed by atoms with van der Waals surface area (Å²) in [6.07, 6.45) is 0. The lowest BCUT2D eigenvalue weighted by atomic mass is 10.1. The third-order valence-corrected chi connectivity index (χ3v) is 3.26. The molecular weight excluding hydrogens is 264 g/mol. The Morgan fingerprint density at radius 3 is 2.43 bits per heavy atom. The third-order valence-electron chi connectivity index (χ3n) is 3.26. The van der Waals surface area contributed by atoms with Gasteiger partial charge in [0.05, 0.1) is 0 Å². The van der Waals surface area contributed by atoms with Crippen molar-refractivity contribution in [3.63, 3.8) is 0 Å². The molecule has 2 aromatic carbocycles. The summed E-state index contributed by atoms with van der Waals surface area (Å²) < 4.78 is 0. The van der Waals surface area contributed by atoms with Crippen LogP contribution in [0.15, 0.2) is 42.5 Å². The molecule has 0 aliphatic carbocycles. The molecular formula is C17H20N2O2. The number of hydrogen-bond acceptors (Lipinski definition) is 3. The largest absolute Gasteiger partial charge is 0.508 e. The molecule has 0 bridgehead atoms. The van der Waals surface area contributed by atoms with Crippen LogP contribution in [0.1, 0.15) is 21.5 Å². The lowest BCUT2D eigenvalue weighted by Crippen LogP contribution is -2.21. The highest BCUT2D eigenvalue weighted by molar-refractivity contribution is 5.94. The van der Waals surface area contributed by atoms with Gasteiger partial charge >= 0.3 is 0 Å². The number of benzene rings is 2. The van der Waals surface area contributed by atoms with Crippen molar-refractivity contribution in [2.45, 2.75) is 13.5 Å². The number of phenols is 1. The highest BCUT2D eigenvalue weighted by Gasteiger charge is 2.07. The van der Waals surface area contributed by atoms with Gasteiger partial charge in [-0.3, -0.25) is 4.79 Å². The first-order chi connectivity index (χ1) is 9.97. The summed E-state index contributed by atoms with van der Waals surface area (Å²) in [5, 5.41) is 13.0. The number of rotatable bonds is 4. The molecule has 110 valence electrons. The molecule has 4 nitrogen and oxygen atoms in total. The molecule has 4 heteroatoms. The van der Waals surface area contributed by atoms with Gasteiger partial charge in [-0.25, -0.2) is 0 Å². The van der Waals surface area contributed by atoms with Gasteiger partial charge in [0.15, 0.2) is 0 Å². The Balaban J connectivity index is 2.04. The second-order valence-electron chi connectivity index (χ2n) is 5.26. The molecule has 0 spiro atoms. The van der Waals surface area contributed by atoms with E-state index in [2.05, 4.69) is 5.32 Å². The molecule has 0 saturated carbocycles. The minimum absolute atomic E-state index is 0.0159. The number of carbonyl (C=O) groups excluding carboxylic acids is 1. The molecule has 0 aliphatic rings. The summed E-state index contributed by atoms with van der Waals surface area (Å²) in [6, 6.07) is 12.8. The zero-order valence-corrected chi connectivity index (χ0v) is 12.6. The molecule has 21 heavy (non-hydrogen) atoms. The van der Waals surface area contributed by atoms with Crippen molar-refractivity contribution in [1.82, 2.24) is 4.90 Å². The van der Waals surface area contributed by atoms with Gasteiger partial charge in [0.25, 0.3) is 5.91 Å². The van der Waals surface area contributed by atoms with E-state index >= 15 is 0 Å². The monoisotopic (exact) mass is 284 g/mol. The molecule has 0 heterocycles. The van der Waals surface area contributed by atoms with Gasteiger partial charge in [0, 0.05) is 37.5 Å². The van der Waals surface area contributed by atoms with Gasteiger partial charge in [-0.15, -0.1) is 0 Å². The molecule has 0 saturated heterocycles. The summed E-state index contributed by atoms with van der Waals surface area (Å²) in [6.45, 7) is 2.53. The van der Waals surface area contributed by atoms with Crippen molar-refractivity contribution in [3.05, 3.63) is 59.2 Å². The maximum atomic E-state index is 11.8. The predicted molar refractivity (Wildman–Crippen MR) is 84.6 cm³/mol. The number of anilines is 1. The van der Waals surface area contributed by atoms with Crippen molar-refractivity contribution in [1.29, 1.82) is 0 Å². The van der Waals surface area contributed by atoms with Crippen LogP contribution in [0, 0.1) is 6.92 Å². The minimum atomic E-state index is -0.0159. The molecule has 2 N–H and O–H groups in total. The second kappa shape index (κ2) is 6.31. The van der Waals surface area contributed by atoms with Gasteiger partial charge in [-0.1, -0.05) is 17.7 Å². The highest BCUT2D eigenvalue weighted by atomic mass is 16.3. The van der Waals surface area contributed by atoms with Crippen molar-refractivity contribution in [3.8, 4) is 5.75 Å². The number of carbonyl (C=O) groups is 1. The Hall–Kier alpha value is -2.49. The van der Waals surface area contributed by atoms with Crippen molar-refractivity contribution in [2.24, 2.45) is 0 Å². The fourth-order valence-corrected chi connectivity index (χ4v) is 2.04. The fourth-order valence-electron chi connectivity index (χ4n) is 2.04. The molecule has 0 aromatic heterocycles. The normalized spacial score (nSPS) is 10.2. The van der Waals surface area contributed by atoms with E-state index in [1.807, 2.05) is 31.2 Å². The first-order valence-corrected chi connectivity index (χ1v) is 6.81. The number of amides is 1. The first-order valence-electron chi connectivity index (χ1n) is 6.81. The van der Waals surface area contributed by atoms with Crippen LogP contribution in [0.25, 0.3) is 0 Å². The van der Waals surface area contributed by atoms with Crippen LogP contribution in [0.2, 0.25) is 0 Å². The maximum absolute atomic E-state index is 11.8. The first kappa shape index (κ1) is 14.9. The molecule has 2 rings (SSSR count). The lowest BCUT2D eigenvalue weighted by Gasteiger charge is -2.12. The van der Waals surface area contributed by atoms with E-state index < -0.39 is 0 Å². The molecule has 0 fully saturated rings. The summed E-state index contributed by atoms with van der Waals surface area (Å²) in [5.41, 5.74) is 3.52. The average molecular weight is 284 g/mol. The van der Waals surface area contributed by atoms with Gasteiger partial charge in [0.1, 0.15) is 5.75 Å². The molecule has 0 atom stereocenters. The maximum Gasteiger partial charge on any atom is 0.253 e. The van der Waals surface area contributed by atoms with E-state index in [1.165, 1.54) is 0 Å². The van der Waals surface area contributed by atoms with Crippen LogP contribution >= 0.6 is 0 Å². The Kier molecular flexibility index (Phi) is 4.48.